The summed E-state index contributed by atoms with van der Waals surface area (Å²) < 4.78 is 15.7. The summed E-state index contributed by atoms with van der Waals surface area (Å²) in [5.41, 5.74) is 18.7. The molecule has 0 aromatic carbocycles. The predicted octanol–water partition coefficient (Wildman–Crippen LogP) is -0.164. The molecule has 0 bridgehead atoms. The number of amides is 2. The van der Waals surface area contributed by atoms with E-state index in [1.807, 2.05) is 0 Å². The minimum Gasteiger partial charge on any atom is -0.379 e. The molecular formula is C15H30N6O5. The van der Waals surface area contributed by atoms with Crippen molar-refractivity contribution in [3.05, 3.63) is 10.4 Å². The summed E-state index contributed by atoms with van der Waals surface area (Å²) in [5.74, 6) is -0.895. The maximum absolute atomic E-state index is 11.8. The fourth-order valence-electron chi connectivity index (χ4n) is 1.92. The third-order valence-electron chi connectivity index (χ3n) is 3.22. The van der Waals surface area contributed by atoms with Gasteiger partial charge in [-0.3, -0.25) is 9.59 Å². The van der Waals surface area contributed by atoms with Crippen molar-refractivity contribution in [1.82, 2.24) is 5.32 Å². The van der Waals surface area contributed by atoms with Crippen molar-refractivity contribution >= 4 is 11.8 Å². The smallest absolute Gasteiger partial charge is 0.239 e. The molecule has 0 rings (SSSR count). The number of rotatable bonds is 18. The average Bonchev–Trinajstić information content (AvgIpc) is 2.62. The van der Waals surface area contributed by atoms with E-state index in [0.29, 0.717) is 65.4 Å². The number of primary amides is 1. The van der Waals surface area contributed by atoms with Gasteiger partial charge in [-0.25, -0.2) is 0 Å². The molecule has 0 aliphatic carbocycles. The van der Waals surface area contributed by atoms with Crippen LogP contribution in [0.25, 0.3) is 10.4 Å². The van der Waals surface area contributed by atoms with Gasteiger partial charge < -0.3 is 31.0 Å². The number of ether oxygens (including phenoxy) is 3. The Morgan fingerprint density at radius 3 is 2.23 bits per heavy atom. The van der Waals surface area contributed by atoms with Gasteiger partial charge in [-0.2, -0.15) is 0 Å². The number of nitrogens with two attached hydrogens (primary N) is 2. The fraction of sp³-hybridized carbons (Fsp3) is 0.867. The first kappa shape index (κ1) is 24.1. The van der Waals surface area contributed by atoms with Gasteiger partial charge in [0.05, 0.1) is 39.6 Å². The van der Waals surface area contributed by atoms with Crippen LogP contribution >= 0.6 is 0 Å². The molecule has 2 amide bonds. The van der Waals surface area contributed by atoms with Crippen LogP contribution in [-0.4, -0.2) is 70.6 Å². The number of azide groups is 1. The van der Waals surface area contributed by atoms with Crippen LogP contribution in [0.1, 0.15) is 25.7 Å². The van der Waals surface area contributed by atoms with Crippen LogP contribution in [0.4, 0.5) is 0 Å². The molecule has 0 aromatic heterocycles. The first-order chi connectivity index (χ1) is 12.6. The molecule has 0 aliphatic heterocycles. The third kappa shape index (κ3) is 15.6. The minimum atomic E-state index is -0.731. The van der Waals surface area contributed by atoms with Crippen LogP contribution in [0.3, 0.4) is 0 Å². The SMILES string of the molecule is [N-]=[N+]=NCCCCC(NC(=O)CCOCCOCCOCCN)C(N)=O. The lowest BCUT2D eigenvalue weighted by Gasteiger charge is -2.15. The van der Waals surface area contributed by atoms with Crippen molar-refractivity contribution in [2.75, 3.05) is 52.7 Å². The van der Waals surface area contributed by atoms with Gasteiger partial charge in [0.1, 0.15) is 6.04 Å². The van der Waals surface area contributed by atoms with E-state index in [0.717, 1.165) is 0 Å². The maximum atomic E-state index is 11.8. The molecule has 11 heteroatoms. The van der Waals surface area contributed by atoms with E-state index >= 15 is 0 Å². The molecule has 0 heterocycles. The van der Waals surface area contributed by atoms with Crippen molar-refractivity contribution in [2.45, 2.75) is 31.7 Å². The molecule has 0 fully saturated rings. The Morgan fingerprint density at radius 1 is 1.04 bits per heavy atom. The number of hydrogen-bond acceptors (Lipinski definition) is 7. The molecule has 1 unspecified atom stereocenters. The molecule has 0 aliphatic rings. The minimum absolute atomic E-state index is 0.127. The van der Waals surface area contributed by atoms with Crippen molar-refractivity contribution < 1.29 is 23.8 Å². The van der Waals surface area contributed by atoms with Crippen LogP contribution in [0.15, 0.2) is 5.11 Å². The molecule has 26 heavy (non-hydrogen) atoms. The van der Waals surface area contributed by atoms with Gasteiger partial charge in [-0.05, 0) is 18.4 Å². The highest BCUT2D eigenvalue weighted by atomic mass is 16.5. The van der Waals surface area contributed by atoms with Gasteiger partial charge in [0.2, 0.25) is 11.8 Å². The summed E-state index contributed by atoms with van der Waals surface area (Å²) in [6.07, 6.45) is 1.78. The number of unbranched alkanes of at least 4 members (excludes halogenated alkanes) is 1. The monoisotopic (exact) mass is 374 g/mol. The van der Waals surface area contributed by atoms with E-state index in [2.05, 4.69) is 15.3 Å². The highest BCUT2D eigenvalue weighted by Crippen LogP contribution is 2.02. The summed E-state index contributed by atoms with van der Waals surface area (Å²) in [5, 5.41) is 5.99. The van der Waals surface area contributed by atoms with Gasteiger partial charge in [0.25, 0.3) is 0 Å². The molecule has 5 N–H and O–H groups in total. The van der Waals surface area contributed by atoms with Crippen LogP contribution < -0.4 is 16.8 Å². The van der Waals surface area contributed by atoms with Crippen molar-refractivity contribution in [2.24, 2.45) is 16.6 Å². The van der Waals surface area contributed by atoms with Crippen molar-refractivity contribution in [3.8, 4) is 0 Å². The van der Waals surface area contributed by atoms with E-state index in [4.69, 9.17) is 31.2 Å². The zero-order valence-electron chi connectivity index (χ0n) is 15.1. The van der Waals surface area contributed by atoms with E-state index in [9.17, 15) is 9.59 Å². The van der Waals surface area contributed by atoms with Crippen LogP contribution in [0.5, 0.6) is 0 Å². The van der Waals surface area contributed by atoms with E-state index in [1.54, 1.807) is 0 Å². The van der Waals surface area contributed by atoms with Crippen LogP contribution in [0, 0.1) is 0 Å². The van der Waals surface area contributed by atoms with Gasteiger partial charge in [-0.1, -0.05) is 11.5 Å². The van der Waals surface area contributed by atoms with Gasteiger partial charge in [0, 0.05) is 24.4 Å². The van der Waals surface area contributed by atoms with Gasteiger partial charge in [-0.15, -0.1) is 0 Å². The second-order valence-corrected chi connectivity index (χ2v) is 5.35. The molecule has 0 radical (unpaired) electrons. The van der Waals surface area contributed by atoms with Crippen molar-refractivity contribution in [1.29, 1.82) is 0 Å². The summed E-state index contributed by atoms with van der Waals surface area (Å²) in [7, 11) is 0. The summed E-state index contributed by atoms with van der Waals surface area (Å²) in [4.78, 5) is 25.8. The predicted molar refractivity (Wildman–Crippen MR) is 95.1 cm³/mol. The van der Waals surface area contributed by atoms with Gasteiger partial charge in [0.15, 0.2) is 0 Å². The van der Waals surface area contributed by atoms with Crippen molar-refractivity contribution in [3.63, 3.8) is 0 Å². The first-order valence-electron chi connectivity index (χ1n) is 8.64. The summed E-state index contributed by atoms with van der Waals surface area (Å²) >= 11 is 0. The molecule has 11 nitrogen and oxygen atoms in total. The zero-order valence-corrected chi connectivity index (χ0v) is 15.1. The lowest BCUT2D eigenvalue weighted by atomic mass is 10.1. The number of hydrogen-bond donors (Lipinski definition) is 3. The summed E-state index contributed by atoms with van der Waals surface area (Å²) in [6, 6.07) is -0.731. The average molecular weight is 374 g/mol. The number of carbonyl (C=O) groups excluding carboxylic acids is 2. The third-order valence-corrected chi connectivity index (χ3v) is 3.22. The maximum Gasteiger partial charge on any atom is 0.239 e. The van der Waals surface area contributed by atoms with Crippen LogP contribution in [0.2, 0.25) is 0 Å². The Kier molecular flexibility index (Phi) is 16.6. The summed E-state index contributed by atoms with van der Waals surface area (Å²) in [6.45, 7) is 3.28. The van der Waals surface area contributed by atoms with Gasteiger partial charge >= 0.3 is 0 Å². The fourth-order valence-corrected chi connectivity index (χ4v) is 1.92. The Labute approximate surface area is 153 Å². The molecule has 0 saturated carbocycles. The van der Waals surface area contributed by atoms with E-state index in [1.165, 1.54) is 0 Å². The Balaban J connectivity index is 3.67. The Bertz CT molecular complexity index is 431. The zero-order chi connectivity index (χ0) is 19.5. The first-order valence-corrected chi connectivity index (χ1v) is 8.64. The topological polar surface area (TPSA) is 175 Å². The van der Waals surface area contributed by atoms with E-state index < -0.39 is 11.9 Å². The standard InChI is InChI=1S/C15H30N6O5/c16-5-8-25-10-12-26-11-9-24-7-4-14(22)20-13(15(17)23)3-1-2-6-19-21-18/h13H,1-12,16H2,(H2,17,23)(H,20,22). The normalized spacial score (nSPS) is 11.6. The highest BCUT2D eigenvalue weighted by Gasteiger charge is 2.17. The molecule has 0 saturated heterocycles. The second-order valence-electron chi connectivity index (χ2n) is 5.35. The molecule has 150 valence electrons. The van der Waals surface area contributed by atoms with Crippen LogP contribution in [-0.2, 0) is 23.8 Å². The molecular weight excluding hydrogens is 344 g/mol. The molecule has 0 aromatic rings. The highest BCUT2D eigenvalue weighted by molar-refractivity contribution is 5.86. The number of carbonyl (C=O) groups is 2. The molecule has 1 atom stereocenters. The van der Waals surface area contributed by atoms with E-state index in [-0.39, 0.29) is 18.9 Å². The lowest BCUT2D eigenvalue weighted by Crippen LogP contribution is -2.44. The second kappa shape index (κ2) is 17.9. The largest absolute Gasteiger partial charge is 0.379 e. The lowest BCUT2D eigenvalue weighted by molar-refractivity contribution is -0.128. The Hall–Kier alpha value is -1.91. The quantitative estimate of drug-likeness (QED) is 0.130. The number of nitrogens with one attached hydrogen (secondary N) is 1. The molecule has 0 spiro atoms. The number of nitrogens with zero attached hydrogens (tertiary/aromatic N) is 3. The Morgan fingerprint density at radius 2 is 1.65 bits per heavy atom.